The minimum atomic E-state index is -3.92. The van der Waals surface area contributed by atoms with Crippen LogP contribution in [0.5, 0.6) is 5.75 Å². The molecule has 3 aromatic rings. The van der Waals surface area contributed by atoms with Crippen molar-refractivity contribution in [2.75, 3.05) is 29.8 Å². The summed E-state index contributed by atoms with van der Waals surface area (Å²) in [6.07, 6.45) is 0.777. The summed E-state index contributed by atoms with van der Waals surface area (Å²) in [5.41, 5.74) is 1.62. The van der Waals surface area contributed by atoms with Gasteiger partial charge in [0.25, 0.3) is 10.0 Å². The number of benzene rings is 3. The molecule has 0 bridgehead atoms. The average Bonchev–Trinajstić information content (AvgIpc) is 2.85. The first-order valence-corrected chi connectivity index (χ1v) is 13.6. The van der Waals surface area contributed by atoms with Crippen molar-refractivity contribution in [2.24, 2.45) is 0 Å². The second kappa shape index (κ2) is 12.5. The van der Waals surface area contributed by atoms with Crippen LogP contribution in [0.4, 0.5) is 5.69 Å². The van der Waals surface area contributed by atoms with Gasteiger partial charge < -0.3 is 10.1 Å². The highest BCUT2D eigenvalue weighted by Gasteiger charge is 2.27. The number of thioether (sulfide) groups is 1. The highest BCUT2D eigenvalue weighted by Crippen LogP contribution is 2.26. The number of nitrogens with one attached hydrogen (secondary N) is 1. The molecule has 0 aromatic heterocycles. The van der Waals surface area contributed by atoms with Crippen LogP contribution in [0, 0.1) is 6.92 Å². The molecule has 0 aliphatic carbocycles. The maximum Gasteiger partial charge on any atom is 0.264 e. The summed E-state index contributed by atoms with van der Waals surface area (Å²) < 4.78 is 33.3. The normalized spacial score (nSPS) is 11.1. The highest BCUT2D eigenvalue weighted by molar-refractivity contribution is 7.99. The lowest BCUT2D eigenvalue weighted by atomic mass is 10.2. The Morgan fingerprint density at radius 2 is 1.65 bits per heavy atom. The third-order valence-corrected chi connectivity index (χ3v) is 7.87. The van der Waals surface area contributed by atoms with E-state index in [9.17, 15) is 13.2 Å². The molecule has 0 radical (unpaired) electrons. The molecule has 180 valence electrons. The zero-order chi connectivity index (χ0) is 24.4. The minimum Gasteiger partial charge on any atom is -0.494 e. The van der Waals surface area contributed by atoms with E-state index < -0.39 is 10.0 Å². The molecule has 34 heavy (non-hydrogen) atoms. The SMILES string of the molecule is CCOc1ccc(N(CC(=O)NCCCSc2ccc(C)cc2)S(=O)(=O)c2ccccc2)cc1. The van der Waals surface area contributed by atoms with Crippen molar-refractivity contribution in [3.63, 3.8) is 0 Å². The smallest absolute Gasteiger partial charge is 0.264 e. The molecule has 0 atom stereocenters. The standard InChI is InChI=1S/C26H30N2O4S2/c1-3-32-23-14-12-22(13-15-23)28(34(30,31)25-8-5-4-6-9-25)20-26(29)27-18-7-19-33-24-16-10-21(2)11-17-24/h4-6,8-17H,3,7,18-20H2,1-2H3,(H,27,29). The van der Waals surface area contributed by atoms with E-state index in [-0.39, 0.29) is 17.3 Å². The van der Waals surface area contributed by atoms with Gasteiger partial charge >= 0.3 is 0 Å². The van der Waals surface area contributed by atoms with Crippen molar-refractivity contribution < 1.29 is 17.9 Å². The molecule has 0 aliphatic heterocycles. The summed E-state index contributed by atoms with van der Waals surface area (Å²) in [7, 11) is -3.92. The van der Waals surface area contributed by atoms with Crippen molar-refractivity contribution >= 4 is 33.4 Å². The second-order valence-corrected chi connectivity index (χ2v) is 10.6. The number of amides is 1. The fourth-order valence-electron chi connectivity index (χ4n) is 3.22. The Bertz CT molecular complexity index is 1150. The Balaban J connectivity index is 1.63. The summed E-state index contributed by atoms with van der Waals surface area (Å²) >= 11 is 1.73. The van der Waals surface area contributed by atoms with Gasteiger partial charge in [0.15, 0.2) is 0 Å². The molecule has 0 fully saturated rings. The number of carbonyl (C=O) groups excluding carboxylic acids is 1. The number of aryl methyl sites for hydroxylation is 1. The van der Waals surface area contributed by atoms with Gasteiger partial charge in [0.05, 0.1) is 17.2 Å². The molecule has 8 heteroatoms. The molecular formula is C26H30N2O4S2. The Morgan fingerprint density at radius 3 is 2.29 bits per heavy atom. The van der Waals surface area contributed by atoms with E-state index in [2.05, 4.69) is 36.5 Å². The first-order chi connectivity index (χ1) is 16.4. The molecular weight excluding hydrogens is 468 g/mol. The number of anilines is 1. The zero-order valence-corrected chi connectivity index (χ0v) is 21.1. The molecule has 0 saturated heterocycles. The van der Waals surface area contributed by atoms with Crippen LogP contribution in [0.3, 0.4) is 0 Å². The summed E-state index contributed by atoms with van der Waals surface area (Å²) in [5, 5.41) is 2.85. The van der Waals surface area contributed by atoms with E-state index in [0.29, 0.717) is 24.6 Å². The quantitative estimate of drug-likeness (QED) is 0.284. The predicted octanol–water partition coefficient (Wildman–Crippen LogP) is 4.89. The van der Waals surface area contributed by atoms with Gasteiger partial charge in [0.2, 0.25) is 5.91 Å². The van der Waals surface area contributed by atoms with Crippen LogP contribution in [-0.4, -0.2) is 39.8 Å². The first kappa shape index (κ1) is 25.6. The van der Waals surface area contributed by atoms with E-state index in [4.69, 9.17) is 4.74 Å². The third-order valence-electron chi connectivity index (χ3n) is 4.99. The number of hydrogen-bond acceptors (Lipinski definition) is 5. The molecule has 6 nitrogen and oxygen atoms in total. The molecule has 1 amide bonds. The van der Waals surface area contributed by atoms with Gasteiger partial charge in [0, 0.05) is 11.4 Å². The topological polar surface area (TPSA) is 75.7 Å². The molecule has 0 unspecified atom stereocenters. The lowest BCUT2D eigenvalue weighted by Gasteiger charge is -2.24. The van der Waals surface area contributed by atoms with Crippen LogP contribution >= 0.6 is 11.8 Å². The molecule has 0 aliphatic rings. The van der Waals surface area contributed by atoms with Gasteiger partial charge in [-0.1, -0.05) is 35.9 Å². The van der Waals surface area contributed by atoms with Gasteiger partial charge in [-0.15, -0.1) is 11.8 Å². The average molecular weight is 499 g/mol. The molecule has 1 N–H and O–H groups in total. The Kier molecular flexibility index (Phi) is 9.42. The van der Waals surface area contributed by atoms with Gasteiger partial charge in [-0.3, -0.25) is 9.10 Å². The van der Waals surface area contributed by atoms with Gasteiger partial charge in [-0.05, 0) is 74.6 Å². The molecule has 0 spiro atoms. The van der Waals surface area contributed by atoms with Crippen LogP contribution < -0.4 is 14.4 Å². The van der Waals surface area contributed by atoms with Crippen molar-refractivity contribution in [3.05, 3.63) is 84.4 Å². The van der Waals surface area contributed by atoms with E-state index >= 15 is 0 Å². The third kappa shape index (κ3) is 7.27. The highest BCUT2D eigenvalue weighted by atomic mass is 32.2. The van der Waals surface area contributed by atoms with Crippen molar-refractivity contribution in [2.45, 2.75) is 30.1 Å². The lowest BCUT2D eigenvalue weighted by molar-refractivity contribution is -0.119. The maximum atomic E-state index is 13.3. The lowest BCUT2D eigenvalue weighted by Crippen LogP contribution is -2.41. The van der Waals surface area contributed by atoms with Crippen molar-refractivity contribution in [3.8, 4) is 5.75 Å². The van der Waals surface area contributed by atoms with E-state index in [1.165, 1.54) is 22.6 Å². The summed E-state index contributed by atoms with van der Waals surface area (Å²) in [6, 6.07) is 23.1. The number of ether oxygens (including phenoxy) is 1. The fourth-order valence-corrected chi connectivity index (χ4v) is 5.52. The molecule has 3 rings (SSSR count). The number of hydrogen-bond donors (Lipinski definition) is 1. The second-order valence-electron chi connectivity index (χ2n) is 7.62. The number of nitrogens with zero attached hydrogens (tertiary/aromatic N) is 1. The predicted molar refractivity (Wildman–Crippen MR) is 138 cm³/mol. The van der Waals surface area contributed by atoms with E-state index in [1.807, 2.05) is 6.92 Å². The maximum absolute atomic E-state index is 13.3. The van der Waals surface area contributed by atoms with Gasteiger partial charge in [-0.25, -0.2) is 8.42 Å². The Morgan fingerprint density at radius 1 is 0.971 bits per heavy atom. The summed E-state index contributed by atoms with van der Waals surface area (Å²) in [5.74, 6) is 1.14. The molecule has 0 saturated carbocycles. The largest absolute Gasteiger partial charge is 0.494 e. The number of rotatable bonds is 12. The van der Waals surface area contributed by atoms with Crippen LogP contribution in [0.15, 0.2) is 88.7 Å². The number of carbonyl (C=O) groups is 1. The minimum absolute atomic E-state index is 0.131. The first-order valence-electron chi connectivity index (χ1n) is 11.2. The van der Waals surface area contributed by atoms with Crippen molar-refractivity contribution in [1.29, 1.82) is 0 Å². The molecule has 3 aromatic carbocycles. The van der Waals surface area contributed by atoms with Crippen LogP contribution in [-0.2, 0) is 14.8 Å². The van der Waals surface area contributed by atoms with Gasteiger partial charge in [0.1, 0.15) is 12.3 Å². The number of sulfonamides is 1. The summed E-state index contributed by atoms with van der Waals surface area (Å²) in [4.78, 5) is 14.0. The Hall–Kier alpha value is -2.97. The van der Waals surface area contributed by atoms with Gasteiger partial charge in [-0.2, -0.15) is 0 Å². The van der Waals surface area contributed by atoms with Crippen LogP contribution in [0.2, 0.25) is 0 Å². The fraction of sp³-hybridized carbons (Fsp3) is 0.269. The van der Waals surface area contributed by atoms with Crippen molar-refractivity contribution in [1.82, 2.24) is 5.32 Å². The molecule has 0 heterocycles. The zero-order valence-electron chi connectivity index (χ0n) is 19.4. The van der Waals surface area contributed by atoms with E-state index in [0.717, 1.165) is 16.5 Å². The van der Waals surface area contributed by atoms with E-state index in [1.54, 1.807) is 54.2 Å². The Labute approximate surface area is 206 Å². The monoisotopic (exact) mass is 498 g/mol. The van der Waals surface area contributed by atoms with Crippen LogP contribution in [0.1, 0.15) is 18.9 Å². The summed E-state index contributed by atoms with van der Waals surface area (Å²) in [6.45, 7) is 4.61. The van der Waals surface area contributed by atoms with Crippen LogP contribution in [0.25, 0.3) is 0 Å².